The molecule has 13 aromatic rings. The van der Waals surface area contributed by atoms with Crippen LogP contribution in [-0.4, -0.2) is 20.7 Å². The van der Waals surface area contributed by atoms with Crippen molar-refractivity contribution < 1.29 is 9.59 Å². The highest BCUT2D eigenvalue weighted by Gasteiger charge is 2.26. The summed E-state index contributed by atoms with van der Waals surface area (Å²) in [5.41, 5.74) is 13.9. The van der Waals surface area contributed by atoms with Crippen LogP contribution in [0.1, 0.15) is 31.8 Å². The van der Waals surface area contributed by atoms with E-state index >= 15 is 0 Å². The lowest BCUT2D eigenvalue weighted by molar-refractivity contribution is 0.103. The number of carbonyl (C=O) groups excluding carboxylic acids is 2. The van der Waals surface area contributed by atoms with Gasteiger partial charge in [-0.3, -0.25) is 9.59 Å². The Labute approximate surface area is 428 Å². The molecule has 0 N–H and O–H groups in total. The van der Waals surface area contributed by atoms with Crippen LogP contribution in [-0.2, 0) is 0 Å². The molecule has 0 fully saturated rings. The summed E-state index contributed by atoms with van der Waals surface area (Å²) >= 11 is 0. The maximum Gasteiger partial charge on any atom is 0.195 e. The molecule has 13 rings (SSSR count). The minimum Gasteiger partial charge on any atom is -0.310 e. The number of aromatic nitrogens is 2. The molecule has 0 atom stereocenters. The van der Waals surface area contributed by atoms with Crippen molar-refractivity contribution in [2.45, 2.75) is 0 Å². The number of benzene rings is 11. The van der Waals surface area contributed by atoms with Crippen LogP contribution >= 0.6 is 0 Å². The van der Waals surface area contributed by atoms with Crippen LogP contribution in [0.25, 0.3) is 55.0 Å². The Balaban J connectivity index is 0.957. The van der Waals surface area contributed by atoms with Crippen molar-refractivity contribution in [1.29, 1.82) is 0 Å². The van der Waals surface area contributed by atoms with E-state index < -0.39 is 0 Å². The van der Waals surface area contributed by atoms with Gasteiger partial charge in [-0.1, -0.05) is 158 Å². The predicted molar refractivity (Wildman–Crippen MR) is 304 cm³/mol. The van der Waals surface area contributed by atoms with Crippen molar-refractivity contribution in [2.24, 2.45) is 0 Å². The lowest BCUT2D eigenvalue weighted by atomic mass is 9.97. The SMILES string of the molecule is O=C(c1ccccc1)c1ccccc1N(c1ccc(N(c2ccc(-n3c4ccccc4c4ccccc43)cc2)c2ccc(-n3c4ccccc4c4ccccc43)cc2)cc1)c1ccccc1C(=O)c1ccccc1. The van der Waals surface area contributed by atoms with Crippen LogP contribution in [0, 0.1) is 0 Å². The van der Waals surface area contributed by atoms with Crippen molar-refractivity contribution in [3.05, 3.63) is 301 Å². The van der Waals surface area contributed by atoms with Crippen LogP contribution in [0.15, 0.2) is 279 Å². The second-order valence-corrected chi connectivity index (χ2v) is 18.4. The van der Waals surface area contributed by atoms with E-state index in [-0.39, 0.29) is 11.6 Å². The standard InChI is InChI=1S/C68H46N4O2/c73-67(47-19-3-1-4-20-47)59-27-11-17-33-65(59)72(66-34-18-12-28-60(66)68(74)48-21-5-2-6-22-48)54-45-39-51(40-46-54)69(49-35-41-52(42-36-49)70-61-29-13-7-23-55(61)56-24-8-14-30-62(56)70)50-37-43-53(44-38-50)71-63-31-15-9-25-57(63)58-26-10-16-32-64(58)71/h1-46H. The van der Waals surface area contributed by atoms with E-state index in [2.05, 4.69) is 184 Å². The van der Waals surface area contributed by atoms with Gasteiger partial charge in [-0.15, -0.1) is 0 Å². The zero-order valence-electron chi connectivity index (χ0n) is 40.2. The van der Waals surface area contributed by atoms with Crippen molar-refractivity contribution in [2.75, 3.05) is 9.80 Å². The molecule has 74 heavy (non-hydrogen) atoms. The van der Waals surface area contributed by atoms with E-state index in [4.69, 9.17) is 0 Å². The number of fused-ring (bicyclic) bond motifs is 6. The fourth-order valence-electron chi connectivity index (χ4n) is 10.7. The minimum absolute atomic E-state index is 0.116. The molecule has 0 aliphatic heterocycles. The molecule has 2 aromatic heterocycles. The topological polar surface area (TPSA) is 50.5 Å². The molecular weight excluding hydrogens is 905 g/mol. The number of ketones is 2. The van der Waals surface area contributed by atoms with Gasteiger partial charge in [0.05, 0.1) is 33.4 Å². The molecule has 0 aliphatic rings. The average Bonchev–Trinajstić information content (AvgIpc) is 4.00. The number of hydrogen-bond donors (Lipinski definition) is 0. The minimum atomic E-state index is -0.116. The van der Waals surface area contributed by atoms with Crippen LogP contribution in [0.4, 0.5) is 34.1 Å². The molecule has 0 amide bonds. The van der Waals surface area contributed by atoms with Gasteiger partial charge in [0.25, 0.3) is 0 Å². The summed E-state index contributed by atoms with van der Waals surface area (Å²) in [6, 6.07) is 94.2. The first kappa shape index (κ1) is 43.9. The Hall–Kier alpha value is -10.0. The van der Waals surface area contributed by atoms with E-state index in [1.54, 1.807) is 0 Å². The van der Waals surface area contributed by atoms with Gasteiger partial charge >= 0.3 is 0 Å². The average molecular weight is 951 g/mol. The lowest BCUT2D eigenvalue weighted by Crippen LogP contribution is -2.18. The fourth-order valence-corrected chi connectivity index (χ4v) is 10.7. The second-order valence-electron chi connectivity index (χ2n) is 18.4. The highest BCUT2D eigenvalue weighted by atomic mass is 16.1. The van der Waals surface area contributed by atoms with Crippen LogP contribution < -0.4 is 9.80 Å². The summed E-state index contributed by atoms with van der Waals surface area (Å²) in [6.45, 7) is 0. The fraction of sp³-hybridized carbons (Fsp3) is 0. The molecule has 0 spiro atoms. The summed E-state index contributed by atoms with van der Waals surface area (Å²) in [5, 5.41) is 4.85. The molecule has 6 heteroatoms. The first-order valence-electron chi connectivity index (χ1n) is 24.8. The molecule has 0 aliphatic carbocycles. The zero-order valence-corrected chi connectivity index (χ0v) is 40.2. The van der Waals surface area contributed by atoms with Crippen LogP contribution in [0.2, 0.25) is 0 Å². The third-order valence-corrected chi connectivity index (χ3v) is 14.1. The van der Waals surface area contributed by atoms with E-state index in [9.17, 15) is 9.59 Å². The molecule has 2 heterocycles. The van der Waals surface area contributed by atoms with E-state index in [1.807, 2.05) is 114 Å². The predicted octanol–water partition coefficient (Wildman–Crippen LogP) is 17.3. The van der Waals surface area contributed by atoms with Gasteiger partial charge in [-0.05, 0) is 121 Å². The summed E-state index contributed by atoms with van der Waals surface area (Å²) in [5.74, 6) is -0.232. The summed E-state index contributed by atoms with van der Waals surface area (Å²) in [7, 11) is 0. The van der Waals surface area contributed by atoms with Gasteiger partial charge in [0, 0.05) is 77.9 Å². The Morgan fingerprint density at radius 1 is 0.257 bits per heavy atom. The van der Waals surface area contributed by atoms with Gasteiger partial charge in [0.1, 0.15) is 0 Å². The quantitative estimate of drug-likeness (QED) is 0.115. The number of rotatable bonds is 12. The largest absolute Gasteiger partial charge is 0.310 e. The van der Waals surface area contributed by atoms with Gasteiger partial charge in [-0.2, -0.15) is 0 Å². The zero-order chi connectivity index (χ0) is 49.5. The first-order valence-corrected chi connectivity index (χ1v) is 24.8. The Kier molecular flexibility index (Phi) is 11.1. The molecule has 0 saturated carbocycles. The molecule has 350 valence electrons. The third kappa shape index (κ3) is 7.61. The van der Waals surface area contributed by atoms with Gasteiger partial charge in [0.2, 0.25) is 0 Å². The van der Waals surface area contributed by atoms with Crippen molar-refractivity contribution in [1.82, 2.24) is 9.13 Å². The van der Waals surface area contributed by atoms with Crippen LogP contribution in [0.5, 0.6) is 0 Å². The highest BCUT2D eigenvalue weighted by molar-refractivity contribution is 6.16. The summed E-state index contributed by atoms with van der Waals surface area (Å²) < 4.78 is 4.67. The van der Waals surface area contributed by atoms with Crippen molar-refractivity contribution >= 4 is 89.3 Å². The maximum absolute atomic E-state index is 14.5. The number of anilines is 6. The number of hydrogen-bond acceptors (Lipinski definition) is 4. The van der Waals surface area contributed by atoms with E-state index in [0.717, 1.165) is 56.2 Å². The lowest BCUT2D eigenvalue weighted by Gasteiger charge is -2.30. The highest BCUT2D eigenvalue weighted by Crippen LogP contribution is 2.43. The molecule has 11 aromatic carbocycles. The molecule has 6 nitrogen and oxygen atoms in total. The van der Waals surface area contributed by atoms with Gasteiger partial charge < -0.3 is 18.9 Å². The molecule has 0 bridgehead atoms. The smallest absolute Gasteiger partial charge is 0.195 e. The summed E-state index contributed by atoms with van der Waals surface area (Å²) in [6.07, 6.45) is 0. The number of carbonyl (C=O) groups is 2. The van der Waals surface area contributed by atoms with Crippen molar-refractivity contribution in [3.63, 3.8) is 0 Å². The Bertz CT molecular complexity index is 3860. The maximum atomic E-state index is 14.5. The second kappa shape index (κ2) is 18.6. The molecular formula is C68H46N4O2. The molecule has 0 saturated heterocycles. The number of para-hydroxylation sites is 6. The Morgan fingerprint density at radius 2 is 0.527 bits per heavy atom. The molecule has 0 unspecified atom stereocenters. The molecule has 0 radical (unpaired) electrons. The number of nitrogens with zero attached hydrogens (tertiary/aromatic N) is 4. The summed E-state index contributed by atoms with van der Waals surface area (Å²) in [4.78, 5) is 33.3. The van der Waals surface area contributed by atoms with Crippen molar-refractivity contribution in [3.8, 4) is 11.4 Å². The van der Waals surface area contributed by atoms with E-state index in [0.29, 0.717) is 33.6 Å². The monoisotopic (exact) mass is 950 g/mol. The van der Waals surface area contributed by atoms with Gasteiger partial charge in [-0.25, -0.2) is 0 Å². The normalized spacial score (nSPS) is 11.4. The first-order chi connectivity index (χ1) is 36.6. The third-order valence-electron chi connectivity index (χ3n) is 14.1. The van der Waals surface area contributed by atoms with E-state index in [1.165, 1.54) is 21.5 Å². The van der Waals surface area contributed by atoms with Crippen LogP contribution in [0.3, 0.4) is 0 Å². The Morgan fingerprint density at radius 3 is 0.878 bits per heavy atom. The van der Waals surface area contributed by atoms with Gasteiger partial charge in [0.15, 0.2) is 11.6 Å².